The van der Waals surface area contributed by atoms with E-state index in [1.54, 1.807) is 6.07 Å². The second kappa shape index (κ2) is 7.07. The first-order valence-electron chi connectivity index (χ1n) is 7.61. The van der Waals surface area contributed by atoms with Crippen LogP contribution in [0.5, 0.6) is 0 Å². The Labute approximate surface area is 126 Å². The Bertz CT molecular complexity index is 476. The molecule has 2 rings (SSSR count). The van der Waals surface area contributed by atoms with Crippen molar-refractivity contribution in [3.63, 3.8) is 0 Å². The summed E-state index contributed by atoms with van der Waals surface area (Å²) in [6.45, 7) is 4.21. The van der Waals surface area contributed by atoms with Crippen molar-refractivity contribution in [2.45, 2.75) is 58.4 Å². The highest BCUT2D eigenvalue weighted by Gasteiger charge is 2.25. The fourth-order valence-corrected chi connectivity index (χ4v) is 3.23. The minimum absolute atomic E-state index is 0.0191. The van der Waals surface area contributed by atoms with Crippen molar-refractivity contribution < 1.29 is 4.79 Å². The topological polar surface area (TPSA) is 42.0 Å². The summed E-state index contributed by atoms with van der Waals surface area (Å²) in [6.07, 6.45) is 6.71. The molecule has 0 bridgehead atoms. The molecule has 1 heterocycles. The molecule has 0 aliphatic heterocycles. The molecule has 1 aliphatic carbocycles. The molecule has 1 N–H and O–H groups in total. The van der Waals surface area contributed by atoms with Crippen LogP contribution in [-0.2, 0) is 6.42 Å². The van der Waals surface area contributed by atoms with Crippen molar-refractivity contribution in [2.75, 3.05) is 0 Å². The molecule has 2 unspecified atom stereocenters. The van der Waals surface area contributed by atoms with Gasteiger partial charge in [-0.3, -0.25) is 4.79 Å². The Morgan fingerprint density at radius 2 is 2.10 bits per heavy atom. The molecule has 3 nitrogen and oxygen atoms in total. The fraction of sp³-hybridized carbons (Fsp3) is 0.625. The molecule has 0 spiro atoms. The zero-order valence-electron chi connectivity index (χ0n) is 12.3. The molecular weight excluding hydrogens is 272 g/mol. The highest BCUT2D eigenvalue weighted by Crippen LogP contribution is 2.27. The van der Waals surface area contributed by atoms with Gasteiger partial charge in [-0.1, -0.05) is 44.7 Å². The number of pyridine rings is 1. The van der Waals surface area contributed by atoms with E-state index in [-0.39, 0.29) is 5.91 Å². The number of hydrogen-bond donors (Lipinski definition) is 1. The van der Waals surface area contributed by atoms with Crippen molar-refractivity contribution in [1.82, 2.24) is 10.3 Å². The van der Waals surface area contributed by atoms with Gasteiger partial charge in [0, 0.05) is 17.3 Å². The third-order valence-corrected chi connectivity index (χ3v) is 4.42. The lowest BCUT2D eigenvalue weighted by Crippen LogP contribution is -2.41. The van der Waals surface area contributed by atoms with Crippen LogP contribution in [0.2, 0.25) is 5.15 Å². The SMILES string of the molecule is CCc1cc(C(=O)NC2CCCCC2CC)cc(Cl)n1. The van der Waals surface area contributed by atoms with Crippen molar-refractivity contribution in [1.29, 1.82) is 0 Å². The van der Waals surface area contributed by atoms with Crippen LogP contribution in [0.1, 0.15) is 62.0 Å². The molecule has 1 aromatic rings. The number of aromatic nitrogens is 1. The van der Waals surface area contributed by atoms with E-state index in [0.717, 1.165) is 25.0 Å². The second-order valence-corrected chi connectivity index (χ2v) is 5.94. The van der Waals surface area contributed by atoms with E-state index in [2.05, 4.69) is 17.2 Å². The van der Waals surface area contributed by atoms with Crippen LogP contribution < -0.4 is 5.32 Å². The van der Waals surface area contributed by atoms with E-state index >= 15 is 0 Å². The molecule has 1 fully saturated rings. The van der Waals surface area contributed by atoms with Gasteiger partial charge in [0.05, 0.1) is 0 Å². The van der Waals surface area contributed by atoms with Crippen molar-refractivity contribution in [3.05, 3.63) is 28.5 Å². The number of aryl methyl sites for hydroxylation is 1. The lowest BCUT2D eigenvalue weighted by Gasteiger charge is -2.31. The van der Waals surface area contributed by atoms with Gasteiger partial charge in [0.15, 0.2) is 0 Å². The summed E-state index contributed by atoms with van der Waals surface area (Å²) in [7, 11) is 0. The summed E-state index contributed by atoms with van der Waals surface area (Å²) >= 11 is 5.98. The smallest absolute Gasteiger partial charge is 0.251 e. The van der Waals surface area contributed by atoms with Crippen LogP contribution in [0.4, 0.5) is 0 Å². The van der Waals surface area contributed by atoms with Gasteiger partial charge in [-0.15, -0.1) is 0 Å². The second-order valence-electron chi connectivity index (χ2n) is 5.56. The quantitative estimate of drug-likeness (QED) is 0.853. The van der Waals surface area contributed by atoms with Crippen LogP contribution in [0.3, 0.4) is 0 Å². The minimum Gasteiger partial charge on any atom is -0.349 e. The van der Waals surface area contributed by atoms with Gasteiger partial charge in [-0.05, 0) is 37.3 Å². The number of hydrogen-bond acceptors (Lipinski definition) is 2. The highest BCUT2D eigenvalue weighted by atomic mass is 35.5. The maximum absolute atomic E-state index is 12.4. The molecule has 0 radical (unpaired) electrons. The molecule has 2 atom stereocenters. The maximum atomic E-state index is 12.4. The molecule has 0 aromatic carbocycles. The van der Waals surface area contributed by atoms with E-state index < -0.39 is 0 Å². The lowest BCUT2D eigenvalue weighted by atomic mass is 9.83. The zero-order chi connectivity index (χ0) is 14.5. The number of nitrogens with zero attached hydrogens (tertiary/aromatic N) is 1. The Morgan fingerprint density at radius 3 is 2.80 bits per heavy atom. The van der Waals surface area contributed by atoms with Crippen molar-refractivity contribution >= 4 is 17.5 Å². The fourth-order valence-electron chi connectivity index (χ4n) is 3.00. The monoisotopic (exact) mass is 294 g/mol. The van der Waals surface area contributed by atoms with E-state index in [9.17, 15) is 4.79 Å². The maximum Gasteiger partial charge on any atom is 0.251 e. The van der Waals surface area contributed by atoms with Gasteiger partial charge >= 0.3 is 0 Å². The third kappa shape index (κ3) is 3.72. The predicted molar refractivity (Wildman–Crippen MR) is 82.1 cm³/mol. The first-order valence-corrected chi connectivity index (χ1v) is 7.99. The average molecular weight is 295 g/mol. The predicted octanol–water partition coefficient (Wildman–Crippen LogP) is 4.00. The number of amides is 1. The molecule has 20 heavy (non-hydrogen) atoms. The normalized spacial score (nSPS) is 22.6. The molecular formula is C16H23ClN2O. The summed E-state index contributed by atoms with van der Waals surface area (Å²) in [5.74, 6) is 0.588. The van der Waals surface area contributed by atoms with Gasteiger partial charge in [0.2, 0.25) is 0 Å². The van der Waals surface area contributed by atoms with Crippen LogP contribution in [0, 0.1) is 5.92 Å². The number of rotatable bonds is 4. The zero-order valence-corrected chi connectivity index (χ0v) is 13.0. The largest absolute Gasteiger partial charge is 0.349 e. The first kappa shape index (κ1) is 15.3. The average Bonchev–Trinajstić information content (AvgIpc) is 2.47. The van der Waals surface area contributed by atoms with Gasteiger partial charge in [-0.25, -0.2) is 4.98 Å². The van der Waals surface area contributed by atoms with E-state index in [1.165, 1.54) is 19.3 Å². The van der Waals surface area contributed by atoms with Crippen molar-refractivity contribution in [3.8, 4) is 0 Å². The summed E-state index contributed by atoms with van der Waals surface area (Å²) in [5, 5.41) is 3.58. The Kier molecular flexibility index (Phi) is 5.41. The molecule has 1 saturated carbocycles. The van der Waals surface area contributed by atoms with E-state index in [4.69, 9.17) is 11.6 Å². The number of carbonyl (C=O) groups is 1. The van der Waals surface area contributed by atoms with E-state index in [1.807, 2.05) is 13.0 Å². The first-order chi connectivity index (χ1) is 9.63. The van der Waals surface area contributed by atoms with Gasteiger partial charge in [0.25, 0.3) is 5.91 Å². The van der Waals surface area contributed by atoms with Crippen LogP contribution in [0.25, 0.3) is 0 Å². The summed E-state index contributed by atoms with van der Waals surface area (Å²) in [4.78, 5) is 16.6. The molecule has 1 aromatic heterocycles. The third-order valence-electron chi connectivity index (χ3n) is 4.22. The Hall–Kier alpha value is -1.09. The highest BCUT2D eigenvalue weighted by molar-refractivity contribution is 6.29. The molecule has 4 heteroatoms. The summed E-state index contributed by atoms with van der Waals surface area (Å²) < 4.78 is 0. The molecule has 1 amide bonds. The van der Waals surface area contributed by atoms with Gasteiger partial charge in [-0.2, -0.15) is 0 Å². The summed E-state index contributed by atoms with van der Waals surface area (Å²) in [6, 6.07) is 3.79. The van der Waals surface area contributed by atoms with Crippen LogP contribution in [0.15, 0.2) is 12.1 Å². The van der Waals surface area contributed by atoms with Gasteiger partial charge < -0.3 is 5.32 Å². The Balaban J connectivity index is 2.09. The molecule has 110 valence electrons. The standard InChI is InChI=1S/C16H23ClN2O/c1-3-11-7-5-6-8-14(11)19-16(20)12-9-13(4-2)18-15(17)10-12/h9-11,14H,3-8H2,1-2H3,(H,19,20). The molecule has 0 saturated heterocycles. The van der Waals surface area contributed by atoms with E-state index in [0.29, 0.717) is 22.7 Å². The molecule has 1 aliphatic rings. The minimum atomic E-state index is -0.0191. The Morgan fingerprint density at radius 1 is 1.35 bits per heavy atom. The number of carbonyl (C=O) groups excluding carboxylic acids is 1. The van der Waals surface area contributed by atoms with Crippen LogP contribution in [-0.4, -0.2) is 16.9 Å². The van der Waals surface area contributed by atoms with Crippen LogP contribution >= 0.6 is 11.6 Å². The summed E-state index contributed by atoms with van der Waals surface area (Å²) in [5.41, 5.74) is 1.49. The lowest BCUT2D eigenvalue weighted by molar-refractivity contribution is 0.0904. The van der Waals surface area contributed by atoms with Gasteiger partial charge in [0.1, 0.15) is 5.15 Å². The van der Waals surface area contributed by atoms with Crippen molar-refractivity contribution in [2.24, 2.45) is 5.92 Å². The number of halogens is 1. The number of nitrogens with one attached hydrogen (secondary N) is 1.